The highest BCUT2D eigenvalue weighted by molar-refractivity contribution is 7.89. The second-order valence-corrected chi connectivity index (χ2v) is 7.82. The Labute approximate surface area is 135 Å². The van der Waals surface area contributed by atoms with E-state index in [-0.39, 0.29) is 11.4 Å². The van der Waals surface area contributed by atoms with Gasteiger partial charge in [-0.05, 0) is 30.7 Å². The van der Waals surface area contributed by atoms with Crippen LogP contribution in [-0.4, -0.2) is 64.9 Å². The number of hydrogen-bond donors (Lipinski definition) is 1. The Bertz CT molecular complexity index is 668. The Hall–Kier alpha value is -1.06. The quantitative estimate of drug-likeness (QED) is 0.862. The van der Waals surface area contributed by atoms with Crippen LogP contribution in [0.4, 0.5) is 4.39 Å². The van der Waals surface area contributed by atoms with Crippen molar-refractivity contribution in [1.82, 2.24) is 9.62 Å². The molecular formula is C15H21FN2O4S. The van der Waals surface area contributed by atoms with E-state index in [9.17, 15) is 12.8 Å². The predicted octanol–water partition coefficient (Wildman–Crippen LogP) is 0.514. The van der Waals surface area contributed by atoms with Crippen LogP contribution in [0, 0.1) is 12.7 Å². The summed E-state index contributed by atoms with van der Waals surface area (Å²) < 4.78 is 52.0. The molecule has 2 heterocycles. The highest BCUT2D eigenvalue weighted by Gasteiger charge is 2.43. The van der Waals surface area contributed by atoms with Gasteiger partial charge in [0.25, 0.3) is 0 Å². The molecule has 0 saturated carbocycles. The smallest absolute Gasteiger partial charge is 0.240 e. The fourth-order valence-corrected chi connectivity index (χ4v) is 4.20. The second kappa shape index (κ2) is 6.45. The van der Waals surface area contributed by atoms with Crippen molar-refractivity contribution in [2.45, 2.75) is 17.4 Å². The highest BCUT2D eigenvalue weighted by atomic mass is 32.2. The van der Waals surface area contributed by atoms with Gasteiger partial charge in [-0.2, -0.15) is 0 Å². The third-order valence-corrected chi connectivity index (χ3v) is 5.85. The van der Waals surface area contributed by atoms with Gasteiger partial charge in [0.2, 0.25) is 10.0 Å². The lowest BCUT2D eigenvalue weighted by molar-refractivity contribution is -0.138. The normalized spacial score (nSPS) is 21.8. The fourth-order valence-electron chi connectivity index (χ4n) is 3.00. The Morgan fingerprint density at radius 2 is 1.91 bits per heavy atom. The molecule has 128 valence electrons. The maximum atomic E-state index is 13.3. The number of nitrogens with one attached hydrogen (secondary N) is 1. The third kappa shape index (κ3) is 3.41. The fraction of sp³-hybridized carbons (Fsp3) is 0.600. The first-order chi connectivity index (χ1) is 10.9. The van der Waals surface area contributed by atoms with Crippen LogP contribution in [-0.2, 0) is 19.5 Å². The second-order valence-electron chi connectivity index (χ2n) is 6.05. The number of hydrogen-bond acceptors (Lipinski definition) is 5. The van der Waals surface area contributed by atoms with Crippen molar-refractivity contribution < 1.29 is 22.3 Å². The van der Waals surface area contributed by atoms with Gasteiger partial charge in [0.05, 0.1) is 36.9 Å². The number of ether oxygens (including phenoxy) is 2. The molecule has 1 N–H and O–H groups in total. The number of rotatable bonds is 4. The summed E-state index contributed by atoms with van der Waals surface area (Å²) >= 11 is 0. The summed E-state index contributed by atoms with van der Waals surface area (Å²) in [5.74, 6) is -0.421. The van der Waals surface area contributed by atoms with Gasteiger partial charge in [-0.15, -0.1) is 0 Å². The molecule has 0 aliphatic carbocycles. The molecule has 0 atom stereocenters. The van der Waals surface area contributed by atoms with Crippen molar-refractivity contribution in [2.24, 2.45) is 0 Å². The summed E-state index contributed by atoms with van der Waals surface area (Å²) in [6.07, 6.45) is 0. The monoisotopic (exact) mass is 344 g/mol. The van der Waals surface area contributed by atoms with Crippen LogP contribution < -0.4 is 4.72 Å². The number of fused-ring (bicyclic) bond motifs is 1. The summed E-state index contributed by atoms with van der Waals surface area (Å²) in [6.45, 7) is 5.42. The largest absolute Gasteiger partial charge is 0.378 e. The zero-order chi connectivity index (χ0) is 16.5. The van der Waals surface area contributed by atoms with E-state index in [0.29, 0.717) is 32.0 Å². The van der Waals surface area contributed by atoms with Gasteiger partial charge < -0.3 is 9.47 Å². The summed E-state index contributed by atoms with van der Waals surface area (Å²) in [4.78, 5) is 2.28. The first kappa shape index (κ1) is 16.8. The molecule has 0 aromatic heterocycles. The standard InChI is InChI=1S/C15H21FN2O4S/c1-12-8-13(2-3-14(12)16)23(19,20)17-9-15-10-21-6-4-18(15)5-7-22-11-15/h2-3,8,17H,4-7,9-11H2,1H3. The van der Waals surface area contributed by atoms with E-state index in [1.807, 2.05) is 0 Å². The van der Waals surface area contributed by atoms with Crippen molar-refractivity contribution in [1.29, 1.82) is 0 Å². The molecule has 2 aliphatic heterocycles. The number of sulfonamides is 1. The SMILES string of the molecule is Cc1cc(S(=O)(=O)NCC23COCCN2CCOC3)ccc1F. The average molecular weight is 344 g/mol. The number of halogens is 1. The van der Waals surface area contributed by atoms with Gasteiger partial charge in [-0.25, -0.2) is 17.5 Å². The Morgan fingerprint density at radius 1 is 1.26 bits per heavy atom. The van der Waals surface area contributed by atoms with Gasteiger partial charge >= 0.3 is 0 Å². The topological polar surface area (TPSA) is 67.9 Å². The van der Waals surface area contributed by atoms with E-state index in [2.05, 4.69) is 9.62 Å². The third-order valence-electron chi connectivity index (χ3n) is 4.45. The maximum absolute atomic E-state index is 13.3. The number of morpholine rings is 2. The van der Waals surface area contributed by atoms with Gasteiger partial charge in [-0.1, -0.05) is 0 Å². The molecule has 1 aromatic carbocycles. The minimum absolute atomic E-state index is 0.0628. The molecule has 0 radical (unpaired) electrons. The van der Waals surface area contributed by atoms with Crippen LogP contribution in [0.25, 0.3) is 0 Å². The van der Waals surface area contributed by atoms with Crippen LogP contribution in [0.3, 0.4) is 0 Å². The van der Waals surface area contributed by atoms with Gasteiger partial charge in [0.15, 0.2) is 0 Å². The van der Waals surface area contributed by atoms with E-state index < -0.39 is 21.4 Å². The van der Waals surface area contributed by atoms with Crippen LogP contribution in [0.5, 0.6) is 0 Å². The molecule has 2 saturated heterocycles. The maximum Gasteiger partial charge on any atom is 0.240 e. The lowest BCUT2D eigenvalue weighted by Crippen LogP contribution is -2.67. The van der Waals surface area contributed by atoms with Crippen molar-refractivity contribution >= 4 is 10.0 Å². The van der Waals surface area contributed by atoms with Crippen LogP contribution in [0.15, 0.2) is 23.1 Å². The van der Waals surface area contributed by atoms with Gasteiger partial charge in [0, 0.05) is 19.6 Å². The average Bonchev–Trinajstić information content (AvgIpc) is 2.55. The Balaban J connectivity index is 1.76. The molecule has 2 aliphatic rings. The zero-order valence-electron chi connectivity index (χ0n) is 13.0. The molecule has 0 spiro atoms. The van der Waals surface area contributed by atoms with Gasteiger partial charge in [-0.3, -0.25) is 4.90 Å². The van der Waals surface area contributed by atoms with Gasteiger partial charge in [0.1, 0.15) is 5.82 Å². The van der Waals surface area contributed by atoms with E-state index >= 15 is 0 Å². The Morgan fingerprint density at radius 3 is 2.52 bits per heavy atom. The van der Waals surface area contributed by atoms with Crippen molar-refractivity contribution in [3.8, 4) is 0 Å². The van der Waals surface area contributed by atoms with Crippen LogP contribution >= 0.6 is 0 Å². The molecular weight excluding hydrogens is 323 g/mol. The molecule has 6 nitrogen and oxygen atoms in total. The van der Waals surface area contributed by atoms with E-state index in [0.717, 1.165) is 13.1 Å². The van der Waals surface area contributed by atoms with Crippen molar-refractivity contribution in [3.63, 3.8) is 0 Å². The van der Waals surface area contributed by atoms with Crippen LogP contribution in [0.2, 0.25) is 0 Å². The molecule has 0 unspecified atom stereocenters. The first-order valence-corrected chi connectivity index (χ1v) is 9.08. The molecule has 0 amide bonds. The number of nitrogens with zero attached hydrogens (tertiary/aromatic N) is 1. The van der Waals surface area contributed by atoms with Crippen LogP contribution in [0.1, 0.15) is 5.56 Å². The minimum Gasteiger partial charge on any atom is -0.378 e. The molecule has 2 fully saturated rings. The lowest BCUT2D eigenvalue weighted by atomic mass is 9.97. The molecule has 23 heavy (non-hydrogen) atoms. The molecule has 1 aromatic rings. The van der Waals surface area contributed by atoms with E-state index in [4.69, 9.17) is 9.47 Å². The minimum atomic E-state index is -3.71. The summed E-state index contributed by atoms with van der Waals surface area (Å²) in [7, 11) is -3.71. The molecule has 8 heteroatoms. The first-order valence-electron chi connectivity index (χ1n) is 7.59. The Kier molecular flexibility index (Phi) is 4.70. The zero-order valence-corrected chi connectivity index (χ0v) is 13.9. The highest BCUT2D eigenvalue weighted by Crippen LogP contribution is 2.24. The van der Waals surface area contributed by atoms with E-state index in [1.165, 1.54) is 18.2 Å². The van der Waals surface area contributed by atoms with E-state index in [1.54, 1.807) is 6.92 Å². The lowest BCUT2D eigenvalue weighted by Gasteiger charge is -2.49. The number of benzene rings is 1. The predicted molar refractivity (Wildman–Crippen MR) is 82.3 cm³/mol. The molecule has 3 rings (SSSR count). The summed E-state index contributed by atoms with van der Waals surface area (Å²) in [5, 5.41) is 0. The number of aryl methyl sites for hydroxylation is 1. The molecule has 0 bridgehead atoms. The van der Waals surface area contributed by atoms with Crippen molar-refractivity contribution in [2.75, 3.05) is 46.1 Å². The summed E-state index contributed by atoms with van der Waals surface area (Å²) in [5.41, 5.74) is -0.173. The van der Waals surface area contributed by atoms with Crippen molar-refractivity contribution in [3.05, 3.63) is 29.6 Å². The summed E-state index contributed by atoms with van der Waals surface area (Å²) in [6, 6.07) is 3.78.